The molecular formula is C35H47N3. The fourth-order valence-corrected chi connectivity index (χ4v) is 4.74. The van der Waals surface area contributed by atoms with E-state index in [2.05, 4.69) is 87.8 Å². The molecule has 0 fully saturated rings. The Morgan fingerprint density at radius 1 is 0.868 bits per heavy atom. The number of nitrogens with zero attached hydrogens (tertiary/aromatic N) is 1. The Hall–Kier alpha value is -3.59. The molecule has 3 nitrogen and oxygen atoms in total. The van der Waals surface area contributed by atoms with Crippen LogP contribution in [0.1, 0.15) is 77.0 Å². The zero-order valence-electron chi connectivity index (χ0n) is 24.1. The lowest BCUT2D eigenvalue weighted by Gasteiger charge is -2.32. The number of rotatable bonds is 12. The maximum absolute atomic E-state index is 5.90. The molecular weight excluding hydrogens is 462 g/mol. The number of unbranched alkanes of at least 4 members (excludes halogenated alkanes) is 1. The normalized spacial score (nSPS) is 12.2. The van der Waals surface area contributed by atoms with E-state index in [0.29, 0.717) is 11.8 Å². The minimum absolute atomic E-state index is 0.542. The second kappa shape index (κ2) is 15.6. The lowest BCUT2D eigenvalue weighted by molar-refractivity contribution is 0.518. The third-order valence-electron chi connectivity index (χ3n) is 6.88. The molecule has 1 atom stereocenters. The molecule has 0 aromatic heterocycles. The Labute approximate surface area is 231 Å². The largest absolute Gasteiger partial charge is 0.388 e. The smallest absolute Gasteiger partial charge is 0.133 e. The van der Waals surface area contributed by atoms with Crippen molar-refractivity contribution in [2.24, 2.45) is 16.6 Å². The lowest BCUT2D eigenvalue weighted by atomic mass is 9.78. The molecule has 0 aliphatic rings. The predicted molar refractivity (Wildman–Crippen MR) is 168 cm³/mol. The highest BCUT2D eigenvalue weighted by Crippen LogP contribution is 2.39. The van der Waals surface area contributed by atoms with Gasteiger partial charge in [-0.25, -0.2) is 0 Å². The number of amidine groups is 1. The van der Waals surface area contributed by atoms with E-state index < -0.39 is 5.54 Å². The van der Waals surface area contributed by atoms with E-state index in [9.17, 15) is 0 Å². The molecule has 0 radical (unpaired) electrons. The van der Waals surface area contributed by atoms with Gasteiger partial charge in [0.2, 0.25) is 0 Å². The van der Waals surface area contributed by atoms with Crippen LogP contribution in [-0.4, -0.2) is 5.84 Å². The summed E-state index contributed by atoms with van der Waals surface area (Å²) in [6.45, 7) is 18.9. The van der Waals surface area contributed by atoms with Gasteiger partial charge in [0.25, 0.3) is 0 Å². The Morgan fingerprint density at radius 2 is 1.45 bits per heavy atom. The van der Waals surface area contributed by atoms with E-state index in [1.54, 1.807) is 0 Å². The van der Waals surface area contributed by atoms with Gasteiger partial charge in [0.05, 0.1) is 5.84 Å². The summed E-state index contributed by atoms with van der Waals surface area (Å²) in [5.41, 5.74) is 12.1. The third kappa shape index (κ3) is 8.48. The molecule has 0 aliphatic carbocycles. The van der Waals surface area contributed by atoms with Crippen LogP contribution in [-0.2, 0) is 12.0 Å². The fraction of sp³-hybridized carbons (Fsp3) is 0.343. The Bertz CT molecular complexity index is 1120. The molecule has 0 saturated carbocycles. The Kier molecular flexibility index (Phi) is 12.6. The van der Waals surface area contributed by atoms with Crippen molar-refractivity contribution < 1.29 is 0 Å². The van der Waals surface area contributed by atoms with Crippen LogP contribution in [0.15, 0.2) is 114 Å². The molecule has 1 unspecified atom stereocenters. The van der Waals surface area contributed by atoms with Gasteiger partial charge in [-0.1, -0.05) is 120 Å². The second-order valence-electron chi connectivity index (χ2n) is 9.93. The van der Waals surface area contributed by atoms with Gasteiger partial charge in [-0.3, -0.25) is 4.99 Å². The number of allylic oxidation sites excluding steroid dienone is 1. The molecule has 0 amide bonds. The van der Waals surface area contributed by atoms with Crippen molar-refractivity contribution in [1.82, 2.24) is 0 Å². The van der Waals surface area contributed by atoms with Crippen LogP contribution < -0.4 is 11.1 Å². The van der Waals surface area contributed by atoms with Crippen molar-refractivity contribution in [2.45, 2.75) is 72.3 Å². The van der Waals surface area contributed by atoms with E-state index >= 15 is 0 Å². The standard InChI is InChI=1S/C18H20N2.C17H27N/c1-14(2)18(20-15(3)19,16-10-6-4-7-11-16)17-12-8-5-9-13-17;1-5-8-11-16(7-3)14(4)18-17-12-9-10-15(6-2)13-17/h4-13H,1H2,2-3H3,(H2,19,20);9-10,12-13,16,18H,4-8,11H2,1-3H3. The zero-order valence-corrected chi connectivity index (χ0v) is 24.1. The lowest BCUT2D eigenvalue weighted by Crippen LogP contribution is -2.29. The predicted octanol–water partition coefficient (Wildman–Crippen LogP) is 9.27. The Morgan fingerprint density at radius 3 is 1.89 bits per heavy atom. The second-order valence-corrected chi connectivity index (χ2v) is 9.93. The molecule has 3 N–H and O–H groups in total. The van der Waals surface area contributed by atoms with Crippen LogP contribution in [0.5, 0.6) is 0 Å². The quantitative estimate of drug-likeness (QED) is 0.145. The number of nitrogens with two attached hydrogens (primary N) is 1. The highest BCUT2D eigenvalue weighted by molar-refractivity contribution is 5.79. The minimum Gasteiger partial charge on any atom is -0.388 e. The van der Waals surface area contributed by atoms with Crippen molar-refractivity contribution >= 4 is 11.5 Å². The minimum atomic E-state index is -0.624. The first-order valence-corrected chi connectivity index (χ1v) is 13.9. The van der Waals surface area contributed by atoms with Crippen molar-refractivity contribution in [3.63, 3.8) is 0 Å². The summed E-state index contributed by atoms with van der Waals surface area (Å²) in [6.07, 6.45) is 6.03. The van der Waals surface area contributed by atoms with Crippen molar-refractivity contribution in [2.75, 3.05) is 5.32 Å². The number of benzene rings is 3. The first-order chi connectivity index (χ1) is 18.3. The monoisotopic (exact) mass is 509 g/mol. The molecule has 0 bridgehead atoms. The molecule has 202 valence electrons. The van der Waals surface area contributed by atoms with E-state index in [-0.39, 0.29) is 0 Å². The van der Waals surface area contributed by atoms with Crippen molar-refractivity contribution in [3.8, 4) is 0 Å². The van der Waals surface area contributed by atoms with Crippen LogP contribution >= 0.6 is 0 Å². The molecule has 0 heterocycles. The first kappa shape index (κ1) is 30.6. The summed E-state index contributed by atoms with van der Waals surface area (Å²) in [4.78, 5) is 4.74. The topological polar surface area (TPSA) is 50.4 Å². The van der Waals surface area contributed by atoms with Gasteiger partial charge in [-0.2, -0.15) is 0 Å². The van der Waals surface area contributed by atoms with Gasteiger partial charge in [0.15, 0.2) is 0 Å². The number of hydrogen-bond donors (Lipinski definition) is 2. The summed E-state index contributed by atoms with van der Waals surface area (Å²) in [5, 5.41) is 3.48. The van der Waals surface area contributed by atoms with Gasteiger partial charge >= 0.3 is 0 Å². The van der Waals surface area contributed by atoms with Crippen LogP contribution in [0.4, 0.5) is 5.69 Å². The molecule has 38 heavy (non-hydrogen) atoms. The summed E-state index contributed by atoms with van der Waals surface area (Å²) in [5.74, 6) is 1.14. The van der Waals surface area contributed by atoms with Crippen molar-refractivity contribution in [1.29, 1.82) is 0 Å². The van der Waals surface area contributed by atoms with Gasteiger partial charge in [0, 0.05) is 11.4 Å². The number of aryl methyl sites for hydroxylation is 1. The summed E-state index contributed by atoms with van der Waals surface area (Å²) >= 11 is 0. The molecule has 3 rings (SSSR count). The maximum atomic E-state index is 5.90. The summed E-state index contributed by atoms with van der Waals surface area (Å²) in [6, 6.07) is 28.9. The number of hydrogen-bond acceptors (Lipinski definition) is 2. The van der Waals surface area contributed by atoms with Crippen LogP contribution in [0, 0.1) is 5.92 Å². The van der Waals surface area contributed by atoms with E-state index in [1.165, 1.54) is 42.6 Å². The molecule has 3 heteroatoms. The average molecular weight is 510 g/mol. The van der Waals surface area contributed by atoms with E-state index in [4.69, 9.17) is 10.7 Å². The number of anilines is 1. The highest BCUT2D eigenvalue weighted by Gasteiger charge is 2.34. The average Bonchev–Trinajstić information content (AvgIpc) is 2.93. The van der Waals surface area contributed by atoms with Crippen molar-refractivity contribution in [3.05, 3.63) is 126 Å². The van der Waals surface area contributed by atoms with Gasteiger partial charge in [0.1, 0.15) is 5.54 Å². The van der Waals surface area contributed by atoms with Gasteiger partial charge in [-0.05, 0) is 73.4 Å². The van der Waals surface area contributed by atoms with Gasteiger partial charge in [-0.15, -0.1) is 0 Å². The van der Waals surface area contributed by atoms with E-state index in [0.717, 1.165) is 23.1 Å². The molecule has 0 spiro atoms. The first-order valence-electron chi connectivity index (χ1n) is 13.9. The third-order valence-corrected chi connectivity index (χ3v) is 6.88. The van der Waals surface area contributed by atoms with Crippen LogP contribution in [0.3, 0.4) is 0 Å². The number of aliphatic imine (C=N–C) groups is 1. The number of nitrogens with one attached hydrogen (secondary N) is 1. The van der Waals surface area contributed by atoms with Crippen LogP contribution in [0.2, 0.25) is 0 Å². The molecule has 3 aromatic carbocycles. The van der Waals surface area contributed by atoms with E-state index in [1.807, 2.05) is 50.2 Å². The zero-order chi connectivity index (χ0) is 28.0. The highest BCUT2D eigenvalue weighted by atomic mass is 14.9. The van der Waals surface area contributed by atoms with Crippen LogP contribution in [0.25, 0.3) is 0 Å². The SMILES string of the molecule is C=C(C)C(N=C(C)N)(c1ccccc1)c1ccccc1.C=C(Nc1cccc(CC)c1)C(CC)CCCC. The summed E-state index contributed by atoms with van der Waals surface area (Å²) < 4.78 is 0. The molecule has 0 saturated heterocycles. The summed E-state index contributed by atoms with van der Waals surface area (Å²) in [7, 11) is 0. The molecule has 3 aromatic rings. The molecule has 0 aliphatic heterocycles. The fourth-order valence-electron chi connectivity index (χ4n) is 4.74. The Balaban J connectivity index is 0.000000269. The maximum Gasteiger partial charge on any atom is 0.133 e. The van der Waals surface area contributed by atoms with Gasteiger partial charge < -0.3 is 11.1 Å².